The highest BCUT2D eigenvalue weighted by Gasteiger charge is 2.08. The maximum Gasteiger partial charge on any atom is 0.252 e. The van der Waals surface area contributed by atoms with Crippen LogP contribution in [0.2, 0.25) is 5.02 Å². The van der Waals surface area contributed by atoms with Gasteiger partial charge in [-0.25, -0.2) is 9.97 Å². The Bertz CT molecular complexity index is 596. The molecule has 1 amide bonds. The van der Waals surface area contributed by atoms with Crippen LogP contribution in [0.1, 0.15) is 16.2 Å². The highest BCUT2D eigenvalue weighted by atomic mass is 35.5. The number of pyridine rings is 1. The number of imidazole rings is 1. The second kappa shape index (κ2) is 5.71. The lowest BCUT2D eigenvalue weighted by Gasteiger charge is -2.06. The molecule has 0 aliphatic carbocycles. The molecule has 0 saturated carbocycles. The van der Waals surface area contributed by atoms with E-state index in [-0.39, 0.29) is 16.7 Å². The molecule has 0 atom stereocenters. The number of carbonyl (C=O) groups excluding carboxylic acids is 1. The van der Waals surface area contributed by atoms with Crippen molar-refractivity contribution >= 4 is 23.3 Å². The highest BCUT2D eigenvalue weighted by molar-refractivity contribution is 6.33. The second-order valence-corrected chi connectivity index (χ2v) is 4.46. The van der Waals surface area contributed by atoms with Crippen molar-refractivity contribution in [3.05, 3.63) is 41.1 Å². The van der Waals surface area contributed by atoms with E-state index in [1.807, 2.05) is 17.8 Å². The molecular weight excluding hydrogens is 266 g/mol. The Labute approximate surface area is 115 Å². The number of nitrogen functional groups attached to an aromatic ring is 1. The lowest BCUT2D eigenvalue weighted by molar-refractivity contribution is 0.0953. The monoisotopic (exact) mass is 279 g/mol. The maximum atomic E-state index is 11.8. The van der Waals surface area contributed by atoms with Crippen LogP contribution in [0.3, 0.4) is 0 Å². The molecule has 2 heterocycles. The minimum absolute atomic E-state index is 0.214. The van der Waals surface area contributed by atoms with E-state index >= 15 is 0 Å². The summed E-state index contributed by atoms with van der Waals surface area (Å²) in [4.78, 5) is 19.9. The molecule has 0 radical (unpaired) electrons. The number of nitrogens with one attached hydrogen (secondary N) is 1. The number of aromatic nitrogens is 3. The Morgan fingerprint density at radius 1 is 1.53 bits per heavy atom. The van der Waals surface area contributed by atoms with Gasteiger partial charge in [-0.05, 0) is 6.07 Å². The summed E-state index contributed by atoms with van der Waals surface area (Å²) in [7, 11) is 1.91. The minimum Gasteiger partial charge on any atom is -0.382 e. The molecule has 0 aliphatic rings. The zero-order valence-electron chi connectivity index (χ0n) is 10.4. The first kappa shape index (κ1) is 13.4. The van der Waals surface area contributed by atoms with Crippen LogP contribution < -0.4 is 11.1 Å². The normalized spacial score (nSPS) is 10.4. The van der Waals surface area contributed by atoms with Gasteiger partial charge in [0.2, 0.25) is 0 Å². The molecule has 19 heavy (non-hydrogen) atoms. The van der Waals surface area contributed by atoms with E-state index in [0.29, 0.717) is 18.5 Å². The number of nitrogens with zero attached hydrogens (tertiary/aromatic N) is 3. The van der Waals surface area contributed by atoms with Gasteiger partial charge in [0, 0.05) is 38.6 Å². The van der Waals surface area contributed by atoms with Crippen LogP contribution in [-0.4, -0.2) is 27.0 Å². The largest absolute Gasteiger partial charge is 0.382 e. The van der Waals surface area contributed by atoms with Crippen molar-refractivity contribution in [2.75, 3.05) is 12.3 Å². The lowest BCUT2D eigenvalue weighted by atomic mass is 10.2. The van der Waals surface area contributed by atoms with Gasteiger partial charge in [0.05, 0.1) is 10.6 Å². The molecular formula is C12H14ClN5O. The van der Waals surface area contributed by atoms with Gasteiger partial charge in [0.15, 0.2) is 0 Å². The fourth-order valence-corrected chi connectivity index (χ4v) is 1.77. The summed E-state index contributed by atoms with van der Waals surface area (Å²) < 4.78 is 1.91. The van der Waals surface area contributed by atoms with Crippen molar-refractivity contribution in [1.29, 1.82) is 0 Å². The van der Waals surface area contributed by atoms with Crippen LogP contribution in [0, 0.1) is 0 Å². The Kier molecular flexibility index (Phi) is 4.01. The van der Waals surface area contributed by atoms with Gasteiger partial charge in [-0.3, -0.25) is 4.79 Å². The number of hydrogen-bond acceptors (Lipinski definition) is 4. The van der Waals surface area contributed by atoms with Crippen LogP contribution >= 0.6 is 11.6 Å². The summed E-state index contributed by atoms with van der Waals surface area (Å²) in [6, 6.07) is 1.50. The fourth-order valence-electron chi connectivity index (χ4n) is 1.60. The summed E-state index contributed by atoms with van der Waals surface area (Å²) in [5, 5.41) is 3.05. The molecule has 0 aromatic carbocycles. The van der Waals surface area contributed by atoms with Crippen LogP contribution in [0.4, 0.5) is 5.82 Å². The molecule has 2 rings (SSSR count). The SMILES string of the molecule is Cn1ccnc1CCNC(=O)c1cnc(N)c(Cl)c1. The van der Waals surface area contributed by atoms with Gasteiger partial charge in [-0.1, -0.05) is 11.6 Å². The Balaban J connectivity index is 1.91. The lowest BCUT2D eigenvalue weighted by Crippen LogP contribution is -2.26. The maximum absolute atomic E-state index is 11.8. The number of halogens is 1. The number of aryl methyl sites for hydroxylation is 1. The first-order valence-electron chi connectivity index (χ1n) is 5.73. The second-order valence-electron chi connectivity index (χ2n) is 4.05. The topological polar surface area (TPSA) is 85.8 Å². The first-order valence-corrected chi connectivity index (χ1v) is 6.11. The minimum atomic E-state index is -0.233. The molecule has 0 aliphatic heterocycles. The average Bonchev–Trinajstić information content (AvgIpc) is 2.78. The standard InChI is InChI=1S/C12H14ClN5O/c1-18-5-4-15-10(18)2-3-16-12(19)8-6-9(13)11(14)17-7-8/h4-7H,2-3H2,1H3,(H2,14,17)(H,16,19). The zero-order chi connectivity index (χ0) is 13.8. The molecule has 7 heteroatoms. The molecule has 2 aromatic heterocycles. The van der Waals surface area contributed by atoms with Crippen LogP contribution in [0.15, 0.2) is 24.7 Å². The third-order valence-corrected chi connectivity index (χ3v) is 2.99. The number of hydrogen-bond donors (Lipinski definition) is 2. The smallest absolute Gasteiger partial charge is 0.252 e. The van der Waals surface area contributed by atoms with E-state index in [4.69, 9.17) is 17.3 Å². The molecule has 0 spiro atoms. The number of nitrogens with two attached hydrogens (primary N) is 1. The van der Waals surface area contributed by atoms with Crippen molar-refractivity contribution < 1.29 is 4.79 Å². The highest BCUT2D eigenvalue weighted by Crippen LogP contribution is 2.16. The van der Waals surface area contributed by atoms with Crippen LogP contribution in [-0.2, 0) is 13.5 Å². The number of rotatable bonds is 4. The average molecular weight is 280 g/mol. The molecule has 0 saturated heterocycles. The predicted molar refractivity (Wildman–Crippen MR) is 72.9 cm³/mol. The predicted octanol–water partition coefficient (Wildman–Crippen LogP) is 1.02. The molecule has 0 fully saturated rings. The summed E-state index contributed by atoms with van der Waals surface area (Å²) in [6.45, 7) is 0.492. The van der Waals surface area contributed by atoms with E-state index in [1.165, 1.54) is 12.3 Å². The molecule has 100 valence electrons. The van der Waals surface area contributed by atoms with E-state index < -0.39 is 0 Å². The van der Waals surface area contributed by atoms with Gasteiger partial charge >= 0.3 is 0 Å². The fraction of sp³-hybridized carbons (Fsp3) is 0.250. The molecule has 3 N–H and O–H groups in total. The summed E-state index contributed by atoms with van der Waals surface area (Å²) in [5.41, 5.74) is 5.87. The van der Waals surface area contributed by atoms with E-state index in [1.54, 1.807) is 6.20 Å². The summed E-state index contributed by atoms with van der Waals surface area (Å²) in [6.07, 6.45) is 5.64. The Hall–Kier alpha value is -2.08. The van der Waals surface area contributed by atoms with Crippen LogP contribution in [0.5, 0.6) is 0 Å². The van der Waals surface area contributed by atoms with Gasteiger partial charge < -0.3 is 15.6 Å². The molecule has 2 aromatic rings. The van der Waals surface area contributed by atoms with Crippen molar-refractivity contribution in [2.45, 2.75) is 6.42 Å². The first-order chi connectivity index (χ1) is 9.08. The third-order valence-electron chi connectivity index (χ3n) is 2.69. The van der Waals surface area contributed by atoms with Crippen molar-refractivity contribution in [2.24, 2.45) is 7.05 Å². The van der Waals surface area contributed by atoms with Gasteiger partial charge in [-0.2, -0.15) is 0 Å². The van der Waals surface area contributed by atoms with Gasteiger partial charge in [0.1, 0.15) is 11.6 Å². The number of anilines is 1. The van der Waals surface area contributed by atoms with E-state index in [0.717, 1.165) is 5.82 Å². The van der Waals surface area contributed by atoms with Crippen LogP contribution in [0.25, 0.3) is 0 Å². The Morgan fingerprint density at radius 2 is 2.32 bits per heavy atom. The van der Waals surface area contributed by atoms with Crippen molar-refractivity contribution in [3.8, 4) is 0 Å². The van der Waals surface area contributed by atoms with E-state index in [9.17, 15) is 4.79 Å². The summed E-state index contributed by atoms with van der Waals surface area (Å²) >= 11 is 5.81. The molecule has 0 bridgehead atoms. The molecule has 0 unspecified atom stereocenters. The van der Waals surface area contributed by atoms with Gasteiger partial charge in [-0.15, -0.1) is 0 Å². The number of amides is 1. The van der Waals surface area contributed by atoms with E-state index in [2.05, 4.69) is 15.3 Å². The quantitative estimate of drug-likeness (QED) is 0.875. The Morgan fingerprint density at radius 3 is 2.95 bits per heavy atom. The molecule has 6 nitrogen and oxygen atoms in total. The third kappa shape index (κ3) is 3.23. The zero-order valence-corrected chi connectivity index (χ0v) is 11.2. The summed E-state index contributed by atoms with van der Waals surface area (Å²) in [5.74, 6) is 0.892. The number of carbonyl (C=O) groups is 1. The van der Waals surface area contributed by atoms with Crippen molar-refractivity contribution in [1.82, 2.24) is 19.9 Å². The van der Waals surface area contributed by atoms with Gasteiger partial charge in [0.25, 0.3) is 5.91 Å². The van der Waals surface area contributed by atoms with Crippen molar-refractivity contribution in [3.63, 3.8) is 0 Å².